The molecule has 6 heteroatoms. The molecule has 0 bridgehead atoms. The second kappa shape index (κ2) is 5.03. The number of nitrogens with one attached hydrogen (secondary N) is 1. The largest absolute Gasteiger partial charge is 0.444 e. The first-order valence-electron chi connectivity index (χ1n) is 5.73. The van der Waals surface area contributed by atoms with E-state index in [1.165, 1.54) is 0 Å². The Hall–Kier alpha value is -2.11. The number of carbonyl (C=O) groups excluding carboxylic acids is 1. The summed E-state index contributed by atoms with van der Waals surface area (Å²) in [5, 5.41) is 2.76. The van der Waals surface area contributed by atoms with Gasteiger partial charge in [0.25, 0.3) is 0 Å². The molecule has 0 aliphatic heterocycles. The highest BCUT2D eigenvalue weighted by molar-refractivity contribution is 5.75. The van der Waals surface area contributed by atoms with E-state index in [1.807, 2.05) is 20.8 Å². The molecule has 2 aromatic rings. The van der Waals surface area contributed by atoms with Crippen LogP contribution in [0.5, 0.6) is 0 Å². The SMILES string of the molecule is Cc1nc(CNC(=O)Cn2ccnc2C)oc1C. The number of amides is 1. The van der Waals surface area contributed by atoms with Crippen LogP contribution in [0.4, 0.5) is 0 Å². The van der Waals surface area contributed by atoms with Crippen LogP contribution in [0.1, 0.15) is 23.2 Å². The summed E-state index contributed by atoms with van der Waals surface area (Å²) in [6.07, 6.45) is 3.44. The van der Waals surface area contributed by atoms with Gasteiger partial charge in [-0.15, -0.1) is 0 Å². The maximum atomic E-state index is 11.7. The lowest BCUT2D eigenvalue weighted by Crippen LogP contribution is -2.27. The molecule has 2 heterocycles. The van der Waals surface area contributed by atoms with E-state index in [0.29, 0.717) is 12.4 Å². The third-order valence-electron chi connectivity index (χ3n) is 2.75. The minimum Gasteiger partial charge on any atom is -0.444 e. The molecule has 0 unspecified atom stereocenters. The van der Waals surface area contributed by atoms with Crippen LogP contribution in [-0.4, -0.2) is 20.4 Å². The molecule has 0 aliphatic carbocycles. The number of aromatic nitrogens is 3. The summed E-state index contributed by atoms with van der Waals surface area (Å²) < 4.78 is 7.16. The first-order chi connectivity index (χ1) is 8.56. The van der Waals surface area contributed by atoms with Gasteiger partial charge in [-0.3, -0.25) is 4.79 Å². The van der Waals surface area contributed by atoms with Crippen LogP contribution in [-0.2, 0) is 17.9 Å². The Morgan fingerprint density at radius 2 is 2.22 bits per heavy atom. The molecular weight excluding hydrogens is 232 g/mol. The van der Waals surface area contributed by atoms with Crippen LogP contribution in [0.25, 0.3) is 0 Å². The Labute approximate surface area is 105 Å². The molecule has 0 aromatic carbocycles. The van der Waals surface area contributed by atoms with Crippen molar-refractivity contribution in [2.75, 3.05) is 0 Å². The summed E-state index contributed by atoms with van der Waals surface area (Å²) in [6, 6.07) is 0. The number of hydrogen-bond donors (Lipinski definition) is 1. The van der Waals surface area contributed by atoms with Crippen molar-refractivity contribution in [2.45, 2.75) is 33.9 Å². The predicted molar refractivity (Wildman–Crippen MR) is 64.8 cm³/mol. The fraction of sp³-hybridized carbons (Fsp3) is 0.417. The summed E-state index contributed by atoms with van der Waals surface area (Å²) in [5.74, 6) is 2.03. The molecule has 96 valence electrons. The number of nitrogens with zero attached hydrogens (tertiary/aromatic N) is 3. The van der Waals surface area contributed by atoms with Crippen molar-refractivity contribution in [3.8, 4) is 0 Å². The van der Waals surface area contributed by atoms with Crippen LogP contribution >= 0.6 is 0 Å². The fourth-order valence-corrected chi connectivity index (χ4v) is 1.57. The van der Waals surface area contributed by atoms with Crippen LogP contribution in [0.3, 0.4) is 0 Å². The number of aryl methyl sites for hydroxylation is 3. The smallest absolute Gasteiger partial charge is 0.240 e. The van der Waals surface area contributed by atoms with Gasteiger partial charge in [0, 0.05) is 12.4 Å². The quantitative estimate of drug-likeness (QED) is 0.879. The second-order valence-electron chi connectivity index (χ2n) is 4.13. The monoisotopic (exact) mass is 248 g/mol. The summed E-state index contributed by atoms with van der Waals surface area (Å²) in [7, 11) is 0. The lowest BCUT2D eigenvalue weighted by atomic mass is 10.4. The highest BCUT2D eigenvalue weighted by Gasteiger charge is 2.08. The number of carbonyl (C=O) groups is 1. The Bertz CT molecular complexity index is 537. The van der Waals surface area contributed by atoms with E-state index in [4.69, 9.17) is 4.42 Å². The van der Waals surface area contributed by atoms with Gasteiger partial charge in [0.05, 0.1) is 12.2 Å². The molecule has 0 saturated heterocycles. The first-order valence-corrected chi connectivity index (χ1v) is 5.73. The molecule has 0 spiro atoms. The average molecular weight is 248 g/mol. The van der Waals surface area contributed by atoms with E-state index in [1.54, 1.807) is 17.0 Å². The predicted octanol–water partition coefficient (Wildman–Crippen LogP) is 1.11. The zero-order valence-electron chi connectivity index (χ0n) is 10.7. The Balaban J connectivity index is 1.87. The molecule has 2 rings (SSSR count). The number of imidazole rings is 1. The van der Waals surface area contributed by atoms with Crippen molar-refractivity contribution in [3.63, 3.8) is 0 Å². The summed E-state index contributed by atoms with van der Waals surface area (Å²) in [5.41, 5.74) is 0.852. The van der Waals surface area contributed by atoms with Crippen molar-refractivity contribution >= 4 is 5.91 Å². The van der Waals surface area contributed by atoms with Gasteiger partial charge in [0.2, 0.25) is 11.8 Å². The highest BCUT2D eigenvalue weighted by atomic mass is 16.4. The van der Waals surface area contributed by atoms with E-state index in [9.17, 15) is 4.79 Å². The molecule has 0 aliphatic rings. The maximum Gasteiger partial charge on any atom is 0.240 e. The van der Waals surface area contributed by atoms with Crippen LogP contribution in [0, 0.1) is 20.8 Å². The zero-order valence-corrected chi connectivity index (χ0v) is 10.7. The molecule has 2 aromatic heterocycles. The van der Waals surface area contributed by atoms with E-state index in [0.717, 1.165) is 17.3 Å². The molecule has 0 saturated carbocycles. The van der Waals surface area contributed by atoms with Crippen molar-refractivity contribution < 1.29 is 9.21 Å². The molecule has 0 atom stereocenters. The van der Waals surface area contributed by atoms with E-state index in [2.05, 4.69) is 15.3 Å². The molecule has 0 fully saturated rings. The lowest BCUT2D eigenvalue weighted by Gasteiger charge is -2.05. The second-order valence-corrected chi connectivity index (χ2v) is 4.13. The highest BCUT2D eigenvalue weighted by Crippen LogP contribution is 2.07. The number of rotatable bonds is 4. The van der Waals surface area contributed by atoms with Crippen molar-refractivity contribution in [1.29, 1.82) is 0 Å². The van der Waals surface area contributed by atoms with Gasteiger partial charge in [-0.2, -0.15) is 0 Å². The maximum absolute atomic E-state index is 11.7. The third kappa shape index (κ3) is 2.77. The first kappa shape index (κ1) is 12.3. The minimum atomic E-state index is -0.0930. The standard InChI is InChI=1S/C12H16N4O2/c1-8-9(2)18-12(15-8)6-14-11(17)7-16-5-4-13-10(16)3/h4-5H,6-7H2,1-3H3,(H,14,17). The minimum absolute atomic E-state index is 0.0930. The Morgan fingerprint density at radius 1 is 1.44 bits per heavy atom. The summed E-state index contributed by atoms with van der Waals surface area (Å²) >= 11 is 0. The topological polar surface area (TPSA) is 73.0 Å². The normalized spacial score (nSPS) is 10.6. The molecule has 0 radical (unpaired) electrons. The van der Waals surface area contributed by atoms with E-state index in [-0.39, 0.29) is 12.5 Å². The van der Waals surface area contributed by atoms with Crippen LogP contribution < -0.4 is 5.32 Å². The van der Waals surface area contributed by atoms with Crippen LogP contribution in [0.2, 0.25) is 0 Å². The lowest BCUT2D eigenvalue weighted by molar-refractivity contribution is -0.122. The zero-order chi connectivity index (χ0) is 13.1. The van der Waals surface area contributed by atoms with Crippen molar-refractivity contribution in [3.05, 3.63) is 35.6 Å². The number of hydrogen-bond acceptors (Lipinski definition) is 4. The van der Waals surface area contributed by atoms with E-state index >= 15 is 0 Å². The Kier molecular flexibility index (Phi) is 3.45. The summed E-state index contributed by atoms with van der Waals surface area (Å²) in [6.45, 7) is 6.14. The van der Waals surface area contributed by atoms with Gasteiger partial charge in [-0.05, 0) is 20.8 Å². The van der Waals surface area contributed by atoms with Gasteiger partial charge in [0.1, 0.15) is 18.1 Å². The van der Waals surface area contributed by atoms with E-state index < -0.39 is 0 Å². The summed E-state index contributed by atoms with van der Waals surface area (Å²) in [4.78, 5) is 19.9. The molecular formula is C12H16N4O2. The van der Waals surface area contributed by atoms with Crippen molar-refractivity contribution in [2.24, 2.45) is 0 Å². The van der Waals surface area contributed by atoms with Gasteiger partial charge in [-0.25, -0.2) is 9.97 Å². The average Bonchev–Trinajstić information content (AvgIpc) is 2.85. The van der Waals surface area contributed by atoms with Gasteiger partial charge in [0.15, 0.2) is 0 Å². The fourth-order valence-electron chi connectivity index (χ4n) is 1.57. The van der Waals surface area contributed by atoms with Gasteiger partial charge >= 0.3 is 0 Å². The molecule has 6 nitrogen and oxygen atoms in total. The van der Waals surface area contributed by atoms with Crippen LogP contribution in [0.15, 0.2) is 16.8 Å². The molecule has 1 amide bonds. The van der Waals surface area contributed by atoms with Crippen molar-refractivity contribution in [1.82, 2.24) is 19.9 Å². The third-order valence-corrected chi connectivity index (χ3v) is 2.75. The Morgan fingerprint density at radius 3 is 2.78 bits per heavy atom. The molecule has 1 N–H and O–H groups in total. The molecule has 18 heavy (non-hydrogen) atoms. The van der Waals surface area contributed by atoms with Gasteiger partial charge < -0.3 is 14.3 Å². The van der Waals surface area contributed by atoms with Gasteiger partial charge in [-0.1, -0.05) is 0 Å². The number of oxazole rings is 1.